The third kappa shape index (κ3) is 2.80. The van der Waals surface area contributed by atoms with Gasteiger partial charge in [0.25, 0.3) is 0 Å². The van der Waals surface area contributed by atoms with Crippen LogP contribution in [-0.2, 0) is 10.0 Å². The summed E-state index contributed by atoms with van der Waals surface area (Å²) in [5, 5.41) is 15.4. The summed E-state index contributed by atoms with van der Waals surface area (Å²) in [6, 6.07) is 0. The highest BCUT2D eigenvalue weighted by molar-refractivity contribution is 7.88. The van der Waals surface area contributed by atoms with E-state index in [-0.39, 0.29) is 10.8 Å². The lowest BCUT2D eigenvalue weighted by atomic mass is 9.44. The van der Waals surface area contributed by atoms with Crippen LogP contribution in [0.4, 0.5) is 0 Å². The number of hydrogen-bond donors (Lipinski definition) is 2. The van der Waals surface area contributed by atoms with Crippen molar-refractivity contribution in [3.63, 3.8) is 0 Å². The molecule has 162 valence electrons. The smallest absolute Gasteiger partial charge is 0.244 e. The zero-order chi connectivity index (χ0) is 20.9. The van der Waals surface area contributed by atoms with E-state index in [0.717, 1.165) is 37.7 Å². The fraction of sp³-hybridized carbons (Fsp3) is 0.870. The summed E-state index contributed by atoms with van der Waals surface area (Å²) in [6.07, 6.45) is 13.5. The molecule has 0 aliphatic heterocycles. The molecule has 0 aromatic carbocycles. The molecule has 5 rings (SSSR count). The van der Waals surface area contributed by atoms with Crippen molar-refractivity contribution in [2.75, 3.05) is 6.26 Å². The molecule has 0 bridgehead atoms. The van der Waals surface area contributed by atoms with Gasteiger partial charge in [-0.25, -0.2) is 13.2 Å². The second-order valence-electron chi connectivity index (χ2n) is 11.6. The van der Waals surface area contributed by atoms with Crippen molar-refractivity contribution in [3.8, 4) is 0 Å². The number of rotatable bonds is 2. The van der Waals surface area contributed by atoms with Gasteiger partial charge < -0.3 is 5.11 Å². The third-order valence-electron chi connectivity index (χ3n) is 10.1. The van der Waals surface area contributed by atoms with Crippen molar-refractivity contribution in [2.24, 2.45) is 39.1 Å². The van der Waals surface area contributed by atoms with Gasteiger partial charge in [0, 0.05) is 0 Å². The Labute approximate surface area is 175 Å². The minimum absolute atomic E-state index is 0.0581. The van der Waals surface area contributed by atoms with E-state index in [9.17, 15) is 13.5 Å². The van der Waals surface area contributed by atoms with Crippen LogP contribution in [-0.4, -0.2) is 31.1 Å². The predicted octanol–water partition coefficient (Wildman–Crippen LogP) is 4.00. The van der Waals surface area contributed by atoms with Gasteiger partial charge in [-0.2, -0.15) is 5.10 Å². The maximum absolute atomic E-state index is 11.5. The first-order valence-electron chi connectivity index (χ1n) is 11.4. The quantitative estimate of drug-likeness (QED) is 0.663. The van der Waals surface area contributed by atoms with Gasteiger partial charge in [0.1, 0.15) is 0 Å². The largest absolute Gasteiger partial charge is 0.390 e. The van der Waals surface area contributed by atoms with Gasteiger partial charge in [-0.05, 0) is 105 Å². The van der Waals surface area contributed by atoms with Gasteiger partial charge in [0.05, 0.1) is 17.6 Å². The van der Waals surface area contributed by atoms with Crippen LogP contribution in [0.3, 0.4) is 0 Å². The van der Waals surface area contributed by atoms with Crippen LogP contribution in [0.5, 0.6) is 0 Å². The summed E-state index contributed by atoms with van der Waals surface area (Å²) in [5.74, 6) is 2.02. The summed E-state index contributed by atoms with van der Waals surface area (Å²) < 4.78 is 23.0. The molecule has 6 heteroatoms. The SMILES string of the molecule is C[C@]12CC/C(=N\NS(C)(=O)=O)C=C1C1(CC1)C[C@@H]1[C@@H]2CC[C@@]2(C)[C@H]1CC[C@]2(C)O. The van der Waals surface area contributed by atoms with Crippen LogP contribution in [0.15, 0.2) is 16.8 Å². The Kier molecular flexibility index (Phi) is 4.06. The van der Waals surface area contributed by atoms with Crippen molar-refractivity contribution in [1.29, 1.82) is 0 Å². The molecule has 0 unspecified atom stereocenters. The van der Waals surface area contributed by atoms with E-state index >= 15 is 0 Å². The molecule has 5 nitrogen and oxygen atoms in total. The molecule has 1 spiro atoms. The average molecular weight is 421 g/mol. The van der Waals surface area contributed by atoms with E-state index in [2.05, 4.69) is 36.8 Å². The van der Waals surface area contributed by atoms with Crippen LogP contribution in [0.25, 0.3) is 0 Å². The normalized spacial score (nSPS) is 49.2. The van der Waals surface area contributed by atoms with E-state index in [1.807, 2.05) is 0 Å². The summed E-state index contributed by atoms with van der Waals surface area (Å²) in [7, 11) is -3.32. The average Bonchev–Trinajstić information content (AvgIpc) is 3.33. The number of hydrazone groups is 1. The lowest BCUT2D eigenvalue weighted by Gasteiger charge is -2.61. The van der Waals surface area contributed by atoms with Crippen molar-refractivity contribution in [2.45, 2.75) is 84.2 Å². The molecule has 29 heavy (non-hydrogen) atoms. The summed E-state index contributed by atoms with van der Waals surface area (Å²) in [4.78, 5) is 2.34. The standard InChI is InChI=1S/C23H36N2O3S/c1-20-8-5-15(24-25-29(4,27)28)13-19(20)23(11-12-23)14-16-17(20)6-9-21(2)18(16)7-10-22(21,3)26/h13,16-18,25-26H,5-12,14H2,1-4H3/b24-15+/t16-,17+,18+,20-,21+,22+/m1/s1. The molecular weight excluding hydrogens is 384 g/mol. The summed E-state index contributed by atoms with van der Waals surface area (Å²) >= 11 is 0. The van der Waals surface area contributed by atoms with Crippen LogP contribution < -0.4 is 4.83 Å². The topological polar surface area (TPSA) is 78.8 Å². The summed E-state index contributed by atoms with van der Waals surface area (Å²) in [5.41, 5.74) is 2.47. The second-order valence-corrected chi connectivity index (χ2v) is 13.3. The van der Waals surface area contributed by atoms with Gasteiger partial charge in [0.15, 0.2) is 0 Å². The van der Waals surface area contributed by atoms with Gasteiger partial charge >= 0.3 is 0 Å². The number of nitrogens with one attached hydrogen (secondary N) is 1. The molecule has 0 amide bonds. The van der Waals surface area contributed by atoms with Crippen molar-refractivity contribution in [1.82, 2.24) is 4.83 Å². The Hall–Kier alpha value is -0.880. The Morgan fingerprint density at radius 2 is 1.76 bits per heavy atom. The monoisotopic (exact) mass is 420 g/mol. The third-order valence-corrected chi connectivity index (χ3v) is 10.5. The minimum Gasteiger partial charge on any atom is -0.390 e. The Morgan fingerprint density at radius 1 is 1.07 bits per heavy atom. The van der Waals surface area contributed by atoms with E-state index in [4.69, 9.17) is 0 Å². The Bertz CT molecular complexity index is 901. The number of sulfonamides is 1. The first-order valence-corrected chi connectivity index (χ1v) is 13.3. The Balaban J connectivity index is 1.51. The maximum Gasteiger partial charge on any atom is 0.244 e. The molecule has 0 radical (unpaired) electrons. The van der Waals surface area contributed by atoms with E-state index in [0.29, 0.717) is 23.2 Å². The number of hydrogen-bond acceptors (Lipinski definition) is 4. The number of allylic oxidation sites excluding steroid dienone is 2. The van der Waals surface area contributed by atoms with Gasteiger partial charge in [-0.3, -0.25) is 0 Å². The van der Waals surface area contributed by atoms with Crippen molar-refractivity contribution < 1.29 is 13.5 Å². The molecule has 2 N–H and O–H groups in total. The number of fused-ring (bicyclic) bond motifs is 6. The molecule has 0 aromatic rings. The van der Waals surface area contributed by atoms with E-state index in [1.165, 1.54) is 32.1 Å². The lowest BCUT2D eigenvalue weighted by molar-refractivity contribution is -0.123. The first kappa shape index (κ1) is 20.0. The minimum atomic E-state index is -3.32. The van der Waals surface area contributed by atoms with E-state index in [1.54, 1.807) is 5.57 Å². The second kappa shape index (κ2) is 5.87. The maximum atomic E-state index is 11.5. The summed E-state index contributed by atoms with van der Waals surface area (Å²) in [6.45, 7) is 6.91. The lowest BCUT2D eigenvalue weighted by Crippen LogP contribution is -2.55. The highest BCUT2D eigenvalue weighted by atomic mass is 32.2. The zero-order valence-electron chi connectivity index (χ0n) is 18.3. The molecule has 0 heterocycles. The first-order chi connectivity index (χ1) is 13.4. The molecule has 0 saturated heterocycles. The van der Waals surface area contributed by atoms with E-state index < -0.39 is 15.6 Å². The molecule has 4 saturated carbocycles. The molecular formula is C23H36N2O3S. The molecule has 5 aliphatic carbocycles. The van der Waals surface area contributed by atoms with Crippen molar-refractivity contribution >= 4 is 15.7 Å². The van der Waals surface area contributed by atoms with Crippen LogP contribution in [0.2, 0.25) is 0 Å². The highest BCUT2D eigenvalue weighted by Crippen LogP contribution is 2.75. The highest BCUT2D eigenvalue weighted by Gasteiger charge is 2.67. The molecule has 0 aromatic heterocycles. The zero-order valence-corrected chi connectivity index (χ0v) is 19.1. The molecule has 6 atom stereocenters. The molecule has 5 aliphatic rings. The van der Waals surface area contributed by atoms with Gasteiger partial charge in [0.2, 0.25) is 10.0 Å². The fourth-order valence-corrected chi connectivity index (χ4v) is 8.38. The van der Waals surface area contributed by atoms with Crippen molar-refractivity contribution in [3.05, 3.63) is 11.6 Å². The number of nitrogens with zero attached hydrogens (tertiary/aromatic N) is 1. The van der Waals surface area contributed by atoms with Gasteiger partial charge in [-0.1, -0.05) is 19.4 Å². The van der Waals surface area contributed by atoms with Crippen LogP contribution in [0, 0.1) is 34.0 Å². The fourth-order valence-electron chi connectivity index (χ4n) is 8.09. The number of aliphatic hydroxyl groups is 1. The van der Waals surface area contributed by atoms with Crippen LogP contribution >= 0.6 is 0 Å². The molecule has 4 fully saturated rings. The van der Waals surface area contributed by atoms with Gasteiger partial charge in [-0.15, -0.1) is 0 Å². The van der Waals surface area contributed by atoms with Crippen LogP contribution in [0.1, 0.15) is 78.6 Å². The Morgan fingerprint density at radius 3 is 2.41 bits per heavy atom. The predicted molar refractivity (Wildman–Crippen MR) is 115 cm³/mol.